The molecule has 1 amide bonds. The van der Waals surface area contributed by atoms with Crippen molar-refractivity contribution in [2.24, 2.45) is 0 Å². The van der Waals surface area contributed by atoms with Gasteiger partial charge in [0.25, 0.3) is 0 Å². The molecule has 0 aliphatic rings. The van der Waals surface area contributed by atoms with Crippen LogP contribution in [0.3, 0.4) is 0 Å². The first-order valence-corrected chi connectivity index (χ1v) is 4.03. The zero-order valence-corrected chi connectivity index (χ0v) is 7.69. The summed E-state index contributed by atoms with van der Waals surface area (Å²) in [6.45, 7) is 0.100. The molecular weight excluding hydrogens is 201 g/mol. The number of amides is 1. The Kier molecular flexibility index (Phi) is 5.47. The fourth-order valence-corrected chi connectivity index (χ4v) is 0.656. The lowest BCUT2D eigenvalue weighted by molar-refractivity contribution is -0.137. The summed E-state index contributed by atoms with van der Waals surface area (Å²) < 4.78 is 34.8. The Bertz CT molecular complexity index is 182. The molecule has 14 heavy (non-hydrogen) atoms. The normalized spacial score (nSPS) is 13.8. The summed E-state index contributed by atoms with van der Waals surface area (Å²) in [7, 11) is 0. The van der Waals surface area contributed by atoms with Crippen molar-refractivity contribution in [2.75, 3.05) is 19.6 Å². The molecule has 0 heterocycles. The predicted octanol–water partition coefficient (Wildman–Crippen LogP) is -0.365. The monoisotopic (exact) mass is 214 g/mol. The molecule has 0 spiro atoms. The number of halogens is 3. The second kappa shape index (κ2) is 5.82. The first-order valence-electron chi connectivity index (χ1n) is 4.03. The van der Waals surface area contributed by atoms with Crippen LogP contribution < -0.4 is 10.6 Å². The van der Waals surface area contributed by atoms with Crippen molar-refractivity contribution in [2.45, 2.75) is 19.2 Å². The fraction of sp³-hybridized carbons (Fsp3) is 0.857. The predicted molar refractivity (Wildman–Crippen MR) is 43.6 cm³/mol. The van der Waals surface area contributed by atoms with E-state index in [0.29, 0.717) is 0 Å². The Labute approximate surface area is 79.5 Å². The second-order valence-electron chi connectivity index (χ2n) is 2.87. The largest absolute Gasteiger partial charge is 0.405 e. The number of alkyl halides is 3. The van der Waals surface area contributed by atoms with Gasteiger partial charge in [-0.3, -0.25) is 4.79 Å². The summed E-state index contributed by atoms with van der Waals surface area (Å²) in [5, 5.41) is 12.9. The van der Waals surface area contributed by atoms with Gasteiger partial charge in [0.15, 0.2) is 0 Å². The molecule has 1 unspecified atom stereocenters. The molecule has 0 aromatic carbocycles. The van der Waals surface area contributed by atoms with E-state index in [4.69, 9.17) is 5.11 Å². The van der Waals surface area contributed by atoms with Gasteiger partial charge in [-0.15, -0.1) is 0 Å². The molecule has 0 aromatic heterocycles. The molecule has 0 fully saturated rings. The zero-order chi connectivity index (χ0) is 11.2. The van der Waals surface area contributed by atoms with Crippen LogP contribution in [0.25, 0.3) is 0 Å². The number of hydrogen-bond acceptors (Lipinski definition) is 3. The molecule has 4 nitrogen and oxygen atoms in total. The molecule has 0 aromatic rings. The van der Waals surface area contributed by atoms with Gasteiger partial charge < -0.3 is 15.7 Å². The first-order chi connectivity index (χ1) is 6.31. The van der Waals surface area contributed by atoms with Crippen LogP contribution in [-0.2, 0) is 4.79 Å². The van der Waals surface area contributed by atoms with Gasteiger partial charge in [0.05, 0.1) is 12.6 Å². The van der Waals surface area contributed by atoms with Crippen molar-refractivity contribution >= 4 is 5.91 Å². The van der Waals surface area contributed by atoms with Crippen molar-refractivity contribution < 1.29 is 23.1 Å². The SMILES string of the molecule is CC(O)CNCC(=O)NCC(F)(F)F. The summed E-state index contributed by atoms with van der Waals surface area (Å²) in [6, 6.07) is 0. The summed E-state index contributed by atoms with van der Waals surface area (Å²) >= 11 is 0. The van der Waals surface area contributed by atoms with Gasteiger partial charge in [-0.05, 0) is 6.92 Å². The fourth-order valence-electron chi connectivity index (χ4n) is 0.656. The molecule has 1 atom stereocenters. The third kappa shape index (κ3) is 9.27. The van der Waals surface area contributed by atoms with Crippen molar-refractivity contribution in [1.29, 1.82) is 0 Å². The number of rotatable bonds is 5. The van der Waals surface area contributed by atoms with E-state index in [9.17, 15) is 18.0 Å². The van der Waals surface area contributed by atoms with E-state index in [0.717, 1.165) is 0 Å². The molecule has 3 N–H and O–H groups in total. The van der Waals surface area contributed by atoms with Crippen molar-refractivity contribution in [1.82, 2.24) is 10.6 Å². The number of aliphatic hydroxyl groups is 1. The smallest absolute Gasteiger partial charge is 0.392 e. The van der Waals surface area contributed by atoms with Crippen LogP contribution in [0.4, 0.5) is 13.2 Å². The highest BCUT2D eigenvalue weighted by Gasteiger charge is 2.27. The van der Waals surface area contributed by atoms with Crippen LogP contribution in [0.15, 0.2) is 0 Å². The minimum Gasteiger partial charge on any atom is -0.392 e. The van der Waals surface area contributed by atoms with Gasteiger partial charge >= 0.3 is 6.18 Å². The summed E-state index contributed by atoms with van der Waals surface area (Å²) in [5.41, 5.74) is 0. The Hall–Kier alpha value is -0.820. The number of carbonyl (C=O) groups excluding carboxylic acids is 1. The van der Waals surface area contributed by atoms with Gasteiger partial charge in [0.2, 0.25) is 5.91 Å². The van der Waals surface area contributed by atoms with Gasteiger partial charge in [0, 0.05) is 6.54 Å². The van der Waals surface area contributed by atoms with E-state index in [1.807, 2.05) is 0 Å². The number of hydrogen-bond donors (Lipinski definition) is 3. The summed E-state index contributed by atoms with van der Waals surface area (Å²) in [4.78, 5) is 10.7. The van der Waals surface area contributed by atoms with Gasteiger partial charge in [-0.2, -0.15) is 13.2 Å². The third-order valence-electron chi connectivity index (χ3n) is 1.21. The van der Waals surface area contributed by atoms with E-state index in [2.05, 4.69) is 5.32 Å². The Morgan fingerprint density at radius 2 is 2.07 bits per heavy atom. The lowest BCUT2D eigenvalue weighted by Crippen LogP contribution is -2.40. The van der Waals surface area contributed by atoms with Crippen LogP contribution >= 0.6 is 0 Å². The highest BCUT2D eigenvalue weighted by molar-refractivity contribution is 5.77. The summed E-state index contributed by atoms with van der Waals surface area (Å²) in [5.74, 6) is -0.747. The highest BCUT2D eigenvalue weighted by Crippen LogP contribution is 2.11. The van der Waals surface area contributed by atoms with E-state index < -0.39 is 24.7 Å². The molecule has 0 saturated heterocycles. The molecule has 0 rings (SSSR count). The van der Waals surface area contributed by atoms with Crippen molar-refractivity contribution in [3.8, 4) is 0 Å². The molecular formula is C7H13F3N2O2. The lowest BCUT2D eigenvalue weighted by Gasteiger charge is -2.09. The zero-order valence-electron chi connectivity index (χ0n) is 7.69. The highest BCUT2D eigenvalue weighted by atomic mass is 19.4. The number of carbonyl (C=O) groups is 1. The quantitative estimate of drug-likeness (QED) is 0.585. The van der Waals surface area contributed by atoms with E-state index >= 15 is 0 Å². The maximum atomic E-state index is 11.6. The van der Waals surface area contributed by atoms with Crippen LogP contribution in [0.1, 0.15) is 6.92 Å². The minimum atomic E-state index is -4.39. The van der Waals surface area contributed by atoms with Crippen molar-refractivity contribution in [3.63, 3.8) is 0 Å². The standard InChI is InChI=1S/C7H13F3N2O2/c1-5(13)2-11-3-6(14)12-4-7(8,9)10/h5,11,13H,2-4H2,1H3,(H,12,14). The van der Waals surface area contributed by atoms with Crippen molar-refractivity contribution in [3.05, 3.63) is 0 Å². The van der Waals surface area contributed by atoms with E-state index in [1.165, 1.54) is 6.92 Å². The average molecular weight is 214 g/mol. The van der Waals surface area contributed by atoms with Gasteiger partial charge in [-0.1, -0.05) is 0 Å². The molecule has 0 aliphatic heterocycles. The summed E-state index contributed by atoms with van der Waals surface area (Å²) in [6.07, 6.45) is -5.02. The topological polar surface area (TPSA) is 61.4 Å². The number of aliphatic hydroxyl groups excluding tert-OH is 1. The minimum absolute atomic E-state index is 0.166. The van der Waals surface area contributed by atoms with Crippen LogP contribution in [0, 0.1) is 0 Å². The van der Waals surface area contributed by atoms with E-state index in [-0.39, 0.29) is 13.1 Å². The third-order valence-corrected chi connectivity index (χ3v) is 1.21. The maximum absolute atomic E-state index is 11.6. The van der Waals surface area contributed by atoms with Crippen LogP contribution in [0.5, 0.6) is 0 Å². The molecule has 0 saturated carbocycles. The molecule has 0 radical (unpaired) electrons. The number of nitrogens with one attached hydrogen (secondary N) is 2. The molecule has 84 valence electrons. The van der Waals surface area contributed by atoms with E-state index in [1.54, 1.807) is 5.32 Å². The van der Waals surface area contributed by atoms with Crippen LogP contribution in [-0.4, -0.2) is 42.9 Å². The average Bonchev–Trinajstić information content (AvgIpc) is 1.99. The van der Waals surface area contributed by atoms with Gasteiger partial charge in [0.1, 0.15) is 6.54 Å². The Balaban J connectivity index is 3.47. The Morgan fingerprint density at radius 1 is 1.50 bits per heavy atom. The Morgan fingerprint density at radius 3 is 2.50 bits per heavy atom. The molecule has 7 heteroatoms. The van der Waals surface area contributed by atoms with Gasteiger partial charge in [-0.25, -0.2) is 0 Å². The van der Waals surface area contributed by atoms with Crippen LogP contribution in [0.2, 0.25) is 0 Å². The molecule has 0 aliphatic carbocycles. The first kappa shape index (κ1) is 13.2. The molecule has 0 bridgehead atoms. The lowest BCUT2D eigenvalue weighted by atomic mass is 10.4. The second-order valence-corrected chi connectivity index (χ2v) is 2.87. The maximum Gasteiger partial charge on any atom is 0.405 e.